The Balaban J connectivity index is 3.19. The summed E-state index contributed by atoms with van der Waals surface area (Å²) >= 11 is 2.58. The fourth-order valence-corrected chi connectivity index (χ4v) is 6.65. The molecule has 60 heavy (non-hydrogen) atoms. The van der Waals surface area contributed by atoms with Crippen molar-refractivity contribution in [3.05, 3.63) is 0 Å². The maximum absolute atomic E-state index is 13.6. The summed E-state index contributed by atoms with van der Waals surface area (Å²) in [6, 6.07) is -10.9. The second kappa shape index (κ2) is 25.7. The minimum absolute atomic E-state index is 0.00933. The molecule has 0 aromatic heterocycles. The molecule has 339 valence electrons. The third-order valence-corrected chi connectivity index (χ3v) is 10.6. The number of carbonyl (C=O) groups is 10. The number of nitrogens with one attached hydrogen (secondary N) is 6. The summed E-state index contributed by atoms with van der Waals surface area (Å²) in [5.41, 5.74) is 11.4. The van der Waals surface area contributed by atoms with Crippen LogP contribution in [0.1, 0.15) is 86.5 Å². The van der Waals surface area contributed by atoms with Gasteiger partial charge in [0.15, 0.2) is 0 Å². The number of aliphatic carboxylic acids is 2. The third kappa shape index (κ3) is 17.0. The number of primary amides is 1. The Labute approximate surface area is 357 Å². The van der Waals surface area contributed by atoms with Gasteiger partial charge < -0.3 is 10.8 Å². The molecule has 23 heteroatoms. The first kappa shape index (κ1) is 53.2. The minimum atomic E-state index is -1.73. The van der Waals surface area contributed by atoms with E-state index >= 15 is 0 Å². The smallest absolute Gasteiger partial charge is 0.480 e. The second-order valence-corrected chi connectivity index (χ2v) is 16.3. The van der Waals surface area contributed by atoms with Crippen molar-refractivity contribution in [1.82, 2.24) is 36.8 Å². The predicted octanol–water partition coefficient (Wildman–Crippen LogP) is -3.63. The van der Waals surface area contributed by atoms with Gasteiger partial charge in [-0.1, -0.05) is 34.1 Å². The summed E-state index contributed by atoms with van der Waals surface area (Å²) in [6.07, 6.45) is -0.555. The second-order valence-electron chi connectivity index (χ2n) is 15.6. The zero-order valence-corrected chi connectivity index (χ0v) is 36.6. The summed E-state index contributed by atoms with van der Waals surface area (Å²) in [6.45, 7) is 9.38. The zero-order chi connectivity index (χ0) is 46.0. The average molecular weight is 920 g/mol. The molecular weight excluding hydrogens is 857 g/mol. The molecule has 0 spiro atoms. The number of aliphatic hydroxyl groups is 1. The van der Waals surface area contributed by atoms with E-state index in [1.54, 1.807) is 34.6 Å². The van der Waals surface area contributed by atoms with E-state index in [0.29, 0.717) is 12.8 Å². The van der Waals surface area contributed by atoms with Crippen LogP contribution in [0, 0.1) is 17.8 Å². The normalized spacial score (nSPS) is 17.8. The molecule has 0 aromatic carbocycles. The van der Waals surface area contributed by atoms with Gasteiger partial charge in [-0.25, -0.2) is 4.79 Å². The van der Waals surface area contributed by atoms with Crippen LogP contribution in [-0.2, 0) is 47.9 Å². The van der Waals surface area contributed by atoms with Gasteiger partial charge in [0.25, 0.3) is 0 Å². The molecule has 0 aliphatic carbocycles. The van der Waals surface area contributed by atoms with Gasteiger partial charge in [-0.3, -0.25) is 4.79 Å². The topological polar surface area (TPSA) is 359 Å². The van der Waals surface area contributed by atoms with Crippen LogP contribution in [0.2, 0.25) is 5.32 Å². The zero-order valence-electron chi connectivity index (χ0n) is 34.9. The van der Waals surface area contributed by atoms with E-state index < -0.39 is 139 Å². The Morgan fingerprint density at radius 1 is 0.733 bits per heavy atom. The van der Waals surface area contributed by atoms with Gasteiger partial charge in [0, 0.05) is 0 Å². The molecule has 1 aliphatic rings. The monoisotopic (exact) mass is 920 g/mol. The Kier molecular flexibility index (Phi) is 22.8. The van der Waals surface area contributed by atoms with E-state index in [4.69, 9.17) is 11.5 Å². The summed E-state index contributed by atoms with van der Waals surface area (Å²) in [5, 5.41) is 43.3. The van der Waals surface area contributed by atoms with Crippen LogP contribution in [0.3, 0.4) is 0 Å². The Bertz CT molecular complexity index is 1570. The van der Waals surface area contributed by atoms with E-state index in [1.807, 2.05) is 6.92 Å². The molecular formula is C37H62N9O13Se. The molecule has 0 saturated carbocycles. The Hall–Kier alpha value is -4.86. The van der Waals surface area contributed by atoms with Crippen molar-refractivity contribution in [3.8, 4) is 0 Å². The third-order valence-electron chi connectivity index (χ3n) is 9.88. The molecule has 9 atom stereocenters. The Morgan fingerprint density at radius 3 is 1.75 bits per heavy atom. The average Bonchev–Trinajstić information content (AvgIpc) is 3.67. The van der Waals surface area contributed by atoms with Gasteiger partial charge in [0.2, 0.25) is 5.91 Å². The van der Waals surface area contributed by atoms with Crippen LogP contribution in [0.4, 0.5) is 0 Å². The summed E-state index contributed by atoms with van der Waals surface area (Å²) in [5.74, 6) is -10.7. The molecule has 1 heterocycles. The number of hydrogen-bond donors (Lipinski definition) is 11. The number of hydrogen-bond acceptors (Lipinski definition) is 12. The SMILES string of the molecule is CC[C@H](C)[C@H](N)C(=O)N[C@H](C(=O)N[C@@H](CCC(=O)O)C(=O)N[C@@H](CO)C(=O)N[C@@H](C[Se])C(=O)N[C@@H](CC(C)C)C(=O)N[C@@H](CC(N)=O)C(=O)N1CCC[C@H]1C(=O)O)C(C)C. The van der Waals surface area contributed by atoms with Gasteiger partial charge in [-0.2, -0.15) is 0 Å². The van der Waals surface area contributed by atoms with Gasteiger partial charge in [-0.15, -0.1) is 0 Å². The Morgan fingerprint density at radius 2 is 1.25 bits per heavy atom. The molecule has 1 aliphatic heterocycles. The number of carboxylic acid groups (broad SMARTS) is 2. The first-order valence-electron chi connectivity index (χ1n) is 19.8. The van der Waals surface area contributed by atoms with Crippen molar-refractivity contribution >= 4 is 75.2 Å². The molecule has 0 aromatic rings. The van der Waals surface area contributed by atoms with Gasteiger partial charge >= 0.3 is 285 Å². The van der Waals surface area contributed by atoms with Crippen LogP contribution >= 0.6 is 0 Å². The van der Waals surface area contributed by atoms with Gasteiger partial charge in [0.05, 0.1) is 6.04 Å². The number of amides is 8. The van der Waals surface area contributed by atoms with Crippen molar-refractivity contribution in [2.24, 2.45) is 29.2 Å². The van der Waals surface area contributed by atoms with Crippen LogP contribution in [-0.4, -0.2) is 157 Å². The van der Waals surface area contributed by atoms with Gasteiger partial charge in [-0.05, 0) is 5.92 Å². The van der Waals surface area contributed by atoms with E-state index in [0.717, 1.165) is 4.90 Å². The summed E-state index contributed by atoms with van der Waals surface area (Å²) in [7, 11) is 0. The molecule has 1 fully saturated rings. The number of nitrogens with zero attached hydrogens (tertiary/aromatic N) is 1. The fourth-order valence-electron chi connectivity index (χ4n) is 6.15. The first-order chi connectivity index (χ1) is 28.0. The summed E-state index contributed by atoms with van der Waals surface area (Å²) < 4.78 is 0. The fraction of sp³-hybridized carbons (Fsp3) is 0.730. The number of likely N-dealkylation sites (tertiary alicyclic amines) is 1. The van der Waals surface area contributed by atoms with Crippen molar-refractivity contribution in [2.45, 2.75) is 140 Å². The molecule has 0 unspecified atom stereocenters. The molecule has 0 bridgehead atoms. The first-order valence-corrected chi connectivity index (χ1v) is 21.0. The summed E-state index contributed by atoms with van der Waals surface area (Å²) in [4.78, 5) is 129. The van der Waals surface area contributed by atoms with Gasteiger partial charge in [0.1, 0.15) is 0 Å². The number of carboxylic acids is 2. The quantitative estimate of drug-likeness (QED) is 0.0373. The van der Waals surface area contributed by atoms with Crippen molar-refractivity contribution in [1.29, 1.82) is 0 Å². The molecule has 1 saturated heterocycles. The number of carbonyl (C=O) groups excluding carboxylic acids is 8. The van der Waals surface area contributed by atoms with Crippen molar-refractivity contribution < 1.29 is 63.3 Å². The van der Waals surface area contributed by atoms with E-state index in [1.165, 1.54) is 0 Å². The van der Waals surface area contributed by atoms with E-state index in [-0.39, 0.29) is 36.5 Å². The number of rotatable bonds is 26. The molecule has 8 amide bonds. The standard InChI is InChI=1S/C37H62N9O13Se/c1-7-19(6)28(39)34(55)45-29(18(4)5)35(56)40-20(10-11-27(49)50)30(51)43-23(15-47)32(53)44-24(16-60)33(54)41-21(13-17(2)3)31(52)42-22(14-26(38)48)36(57)46-12-8-9-25(46)37(58)59/h17-25,28-29,47H,7-16,39H2,1-6H3,(H2,38,48)(H,40,56)(H,41,54)(H,42,52)(H,43,51)(H,44,53)(H,45,55)(H,49,50)(H,58,59)/t19-,20-,21-,22-,23-,24-,25-,28-,29-/m0/s1. The van der Waals surface area contributed by atoms with Crippen LogP contribution in [0.5, 0.6) is 0 Å². The van der Waals surface area contributed by atoms with E-state index in [2.05, 4.69) is 47.9 Å². The van der Waals surface area contributed by atoms with Crippen molar-refractivity contribution in [2.75, 3.05) is 13.2 Å². The molecule has 1 radical (unpaired) electrons. The van der Waals surface area contributed by atoms with Crippen LogP contribution in [0.25, 0.3) is 0 Å². The number of aliphatic hydroxyl groups excluding tert-OH is 1. The number of nitrogens with two attached hydrogens (primary N) is 2. The maximum atomic E-state index is 13.6. The van der Waals surface area contributed by atoms with Crippen LogP contribution in [0.15, 0.2) is 0 Å². The molecule has 13 N–H and O–H groups in total. The van der Waals surface area contributed by atoms with Crippen molar-refractivity contribution in [3.63, 3.8) is 0 Å². The van der Waals surface area contributed by atoms with Crippen LogP contribution < -0.4 is 43.4 Å². The van der Waals surface area contributed by atoms with E-state index in [9.17, 15) is 63.3 Å². The minimum Gasteiger partial charge on any atom is -0.480 e. The molecule has 22 nitrogen and oxygen atoms in total. The molecule has 1 rings (SSSR count). The predicted molar refractivity (Wildman–Crippen MR) is 214 cm³/mol.